The van der Waals surface area contributed by atoms with Crippen LogP contribution in [0.5, 0.6) is 0 Å². The van der Waals surface area contributed by atoms with Gasteiger partial charge in [-0.15, -0.1) is 0 Å². The van der Waals surface area contributed by atoms with Crippen LogP contribution in [0.4, 0.5) is 13.2 Å². The maximum atomic E-state index is 12.9. The molecule has 1 aromatic rings. The molecule has 0 radical (unpaired) electrons. The summed E-state index contributed by atoms with van der Waals surface area (Å²) in [5, 5.41) is 10.7. The second-order valence-corrected chi connectivity index (χ2v) is 6.30. The summed E-state index contributed by atoms with van der Waals surface area (Å²) < 4.78 is 38.6. The van der Waals surface area contributed by atoms with Gasteiger partial charge in [-0.2, -0.15) is 13.2 Å². The predicted octanol–water partition coefficient (Wildman–Crippen LogP) is 4.27. The molecule has 20 heavy (non-hydrogen) atoms. The molecule has 1 aromatic carbocycles. The highest BCUT2D eigenvalue weighted by atomic mass is 19.4. The minimum atomic E-state index is -4.18. The van der Waals surface area contributed by atoms with Crippen molar-refractivity contribution < 1.29 is 18.3 Å². The quantitative estimate of drug-likeness (QED) is 0.859. The Hall–Kier alpha value is -1.03. The second kappa shape index (κ2) is 4.76. The first-order valence-corrected chi connectivity index (χ1v) is 7.24. The summed E-state index contributed by atoms with van der Waals surface area (Å²) in [6.07, 6.45) is -2.35. The molecule has 0 spiro atoms. The molecule has 2 aliphatic carbocycles. The third-order valence-electron chi connectivity index (χ3n) is 4.93. The summed E-state index contributed by atoms with van der Waals surface area (Å²) >= 11 is 0. The SMILES string of the molecule is OC1(C2CC2c2ccccc2)CCCC(C(F)(F)F)C1. The van der Waals surface area contributed by atoms with Gasteiger partial charge in [-0.25, -0.2) is 0 Å². The fraction of sp³-hybridized carbons (Fsp3) is 0.625. The van der Waals surface area contributed by atoms with Crippen molar-refractivity contribution >= 4 is 0 Å². The Bertz CT molecular complexity index is 470. The number of aliphatic hydroxyl groups is 1. The first kappa shape index (κ1) is 13.9. The van der Waals surface area contributed by atoms with E-state index in [1.807, 2.05) is 30.3 Å². The van der Waals surface area contributed by atoms with Gasteiger partial charge in [-0.05, 0) is 49.5 Å². The standard InChI is InChI=1S/C16H19F3O/c17-16(18,19)12-7-4-8-15(20,10-12)14-9-13(14)11-5-2-1-3-6-11/h1-3,5-6,12-14,20H,4,7-10H2. The van der Waals surface area contributed by atoms with Crippen LogP contribution in [0.2, 0.25) is 0 Å². The van der Waals surface area contributed by atoms with Crippen LogP contribution in [0.1, 0.15) is 43.6 Å². The highest BCUT2D eigenvalue weighted by molar-refractivity contribution is 5.28. The molecule has 3 rings (SSSR count). The van der Waals surface area contributed by atoms with Crippen LogP contribution < -0.4 is 0 Å². The summed E-state index contributed by atoms with van der Waals surface area (Å²) in [4.78, 5) is 0. The average Bonchev–Trinajstić information content (AvgIpc) is 3.20. The third kappa shape index (κ3) is 2.58. The number of alkyl halides is 3. The number of benzene rings is 1. The fourth-order valence-electron chi connectivity index (χ4n) is 3.76. The molecule has 2 fully saturated rings. The van der Waals surface area contributed by atoms with E-state index in [4.69, 9.17) is 0 Å². The lowest BCUT2D eigenvalue weighted by Gasteiger charge is -2.38. The van der Waals surface area contributed by atoms with E-state index in [-0.39, 0.29) is 24.7 Å². The van der Waals surface area contributed by atoms with Gasteiger partial charge in [-0.3, -0.25) is 0 Å². The maximum Gasteiger partial charge on any atom is 0.391 e. The van der Waals surface area contributed by atoms with Crippen LogP contribution in [0.25, 0.3) is 0 Å². The fourth-order valence-corrected chi connectivity index (χ4v) is 3.76. The summed E-state index contributed by atoms with van der Waals surface area (Å²) in [5.41, 5.74) is 0.0129. The van der Waals surface area contributed by atoms with Crippen molar-refractivity contribution in [1.29, 1.82) is 0 Å². The highest BCUT2D eigenvalue weighted by Gasteiger charge is 2.56. The zero-order valence-electron chi connectivity index (χ0n) is 11.2. The van der Waals surface area contributed by atoms with Gasteiger partial charge in [0, 0.05) is 0 Å². The molecular formula is C16H19F3O. The third-order valence-corrected chi connectivity index (χ3v) is 4.93. The molecule has 4 unspecified atom stereocenters. The predicted molar refractivity (Wildman–Crippen MR) is 70.3 cm³/mol. The van der Waals surface area contributed by atoms with E-state index >= 15 is 0 Å². The molecule has 0 aliphatic heterocycles. The Balaban J connectivity index is 1.71. The van der Waals surface area contributed by atoms with E-state index in [2.05, 4.69) is 0 Å². The maximum absolute atomic E-state index is 12.9. The largest absolute Gasteiger partial charge is 0.391 e. The van der Waals surface area contributed by atoms with E-state index in [1.165, 1.54) is 0 Å². The molecule has 1 N–H and O–H groups in total. The van der Waals surface area contributed by atoms with Gasteiger partial charge in [0.05, 0.1) is 11.5 Å². The van der Waals surface area contributed by atoms with Crippen LogP contribution >= 0.6 is 0 Å². The van der Waals surface area contributed by atoms with E-state index in [1.54, 1.807) is 0 Å². The number of rotatable bonds is 2. The Morgan fingerprint density at radius 2 is 1.85 bits per heavy atom. The highest BCUT2D eigenvalue weighted by Crippen LogP contribution is 2.58. The molecular weight excluding hydrogens is 265 g/mol. The summed E-state index contributed by atoms with van der Waals surface area (Å²) in [5.74, 6) is -1.11. The first-order valence-electron chi connectivity index (χ1n) is 7.24. The van der Waals surface area contributed by atoms with Gasteiger partial charge in [0.15, 0.2) is 0 Å². The molecule has 0 amide bonds. The van der Waals surface area contributed by atoms with Crippen molar-refractivity contribution in [3.05, 3.63) is 35.9 Å². The zero-order chi connectivity index (χ0) is 14.4. The monoisotopic (exact) mass is 284 g/mol. The van der Waals surface area contributed by atoms with Gasteiger partial charge in [0.25, 0.3) is 0 Å². The summed E-state index contributed by atoms with van der Waals surface area (Å²) in [6.45, 7) is 0. The lowest BCUT2D eigenvalue weighted by Crippen LogP contribution is -2.42. The van der Waals surface area contributed by atoms with Gasteiger partial charge in [-0.1, -0.05) is 30.3 Å². The lowest BCUT2D eigenvalue weighted by atomic mass is 9.74. The van der Waals surface area contributed by atoms with Gasteiger partial charge in [0.1, 0.15) is 0 Å². The molecule has 2 aliphatic rings. The van der Waals surface area contributed by atoms with Crippen molar-refractivity contribution in [2.24, 2.45) is 11.8 Å². The molecule has 4 atom stereocenters. The van der Waals surface area contributed by atoms with Crippen LogP contribution in [-0.4, -0.2) is 16.9 Å². The minimum Gasteiger partial charge on any atom is -0.390 e. The molecule has 0 aromatic heterocycles. The van der Waals surface area contributed by atoms with Crippen molar-refractivity contribution in [1.82, 2.24) is 0 Å². The molecule has 1 nitrogen and oxygen atoms in total. The minimum absolute atomic E-state index is 0.00458. The molecule has 110 valence electrons. The smallest absolute Gasteiger partial charge is 0.390 e. The normalized spacial score (nSPS) is 37.7. The van der Waals surface area contributed by atoms with E-state index in [9.17, 15) is 18.3 Å². The Kier molecular flexibility index (Phi) is 3.32. The van der Waals surface area contributed by atoms with Crippen LogP contribution in [0.3, 0.4) is 0 Å². The molecule has 0 bridgehead atoms. The van der Waals surface area contributed by atoms with Gasteiger partial charge < -0.3 is 5.11 Å². The number of halogens is 3. The van der Waals surface area contributed by atoms with E-state index in [0.29, 0.717) is 12.8 Å². The topological polar surface area (TPSA) is 20.2 Å². The average molecular weight is 284 g/mol. The number of hydrogen-bond acceptors (Lipinski definition) is 1. The number of hydrogen-bond donors (Lipinski definition) is 1. The molecule has 4 heteroatoms. The summed E-state index contributed by atoms with van der Waals surface area (Å²) in [6, 6.07) is 9.80. The Morgan fingerprint density at radius 3 is 2.50 bits per heavy atom. The molecule has 0 saturated heterocycles. The van der Waals surface area contributed by atoms with Crippen LogP contribution in [0, 0.1) is 11.8 Å². The second-order valence-electron chi connectivity index (χ2n) is 6.30. The van der Waals surface area contributed by atoms with Crippen molar-refractivity contribution in [2.75, 3.05) is 0 Å². The zero-order valence-corrected chi connectivity index (χ0v) is 11.2. The summed E-state index contributed by atoms with van der Waals surface area (Å²) in [7, 11) is 0. The Morgan fingerprint density at radius 1 is 1.15 bits per heavy atom. The van der Waals surface area contributed by atoms with E-state index in [0.717, 1.165) is 12.0 Å². The van der Waals surface area contributed by atoms with Crippen LogP contribution in [-0.2, 0) is 0 Å². The first-order chi connectivity index (χ1) is 9.40. The van der Waals surface area contributed by atoms with Crippen molar-refractivity contribution in [2.45, 2.75) is 49.8 Å². The van der Waals surface area contributed by atoms with E-state index < -0.39 is 17.7 Å². The van der Waals surface area contributed by atoms with Crippen molar-refractivity contribution in [3.8, 4) is 0 Å². The lowest BCUT2D eigenvalue weighted by molar-refractivity contribution is -0.203. The van der Waals surface area contributed by atoms with Crippen LogP contribution in [0.15, 0.2) is 30.3 Å². The molecule has 0 heterocycles. The van der Waals surface area contributed by atoms with Gasteiger partial charge in [0.2, 0.25) is 0 Å². The van der Waals surface area contributed by atoms with Gasteiger partial charge >= 0.3 is 6.18 Å². The molecule has 2 saturated carbocycles. The van der Waals surface area contributed by atoms with Crippen molar-refractivity contribution in [3.63, 3.8) is 0 Å². The Labute approximate surface area is 116 Å².